The van der Waals surface area contributed by atoms with Crippen molar-refractivity contribution in [2.24, 2.45) is 5.92 Å². The highest BCUT2D eigenvalue weighted by Gasteiger charge is 2.30. The number of hydrogen-bond acceptors (Lipinski definition) is 3. The van der Waals surface area contributed by atoms with Crippen LogP contribution < -0.4 is 15.0 Å². The molecule has 0 aliphatic carbocycles. The van der Waals surface area contributed by atoms with E-state index in [4.69, 9.17) is 4.74 Å². The average molecular weight is 288 g/mol. The Morgan fingerprint density at radius 2 is 2.33 bits per heavy atom. The largest absolute Gasteiger partial charge is 0.497 e. The fourth-order valence-electron chi connectivity index (χ4n) is 2.33. The number of carbonyl (C=O) groups is 2. The molecule has 112 valence electrons. The van der Waals surface area contributed by atoms with Crippen LogP contribution >= 0.6 is 0 Å². The molecule has 2 amide bonds. The second kappa shape index (κ2) is 6.43. The van der Waals surface area contributed by atoms with E-state index in [1.165, 1.54) is 0 Å². The second-order valence-electron chi connectivity index (χ2n) is 4.99. The van der Waals surface area contributed by atoms with E-state index in [2.05, 4.69) is 11.9 Å². The van der Waals surface area contributed by atoms with Crippen LogP contribution in [0.4, 0.5) is 11.4 Å². The van der Waals surface area contributed by atoms with Crippen LogP contribution in [0.2, 0.25) is 0 Å². The molecule has 1 fully saturated rings. The number of nitrogens with one attached hydrogen (secondary N) is 1. The van der Waals surface area contributed by atoms with Gasteiger partial charge in [0.15, 0.2) is 0 Å². The molecule has 5 heteroatoms. The minimum atomic E-state index is -0.0895. The third-order valence-electron chi connectivity index (χ3n) is 3.58. The lowest BCUT2D eigenvalue weighted by atomic mass is 10.1. The molecule has 1 saturated heterocycles. The van der Waals surface area contributed by atoms with Crippen LogP contribution in [0.5, 0.6) is 5.75 Å². The number of carbonyl (C=O) groups excluding carboxylic acids is 2. The first-order valence-electron chi connectivity index (χ1n) is 6.99. The van der Waals surface area contributed by atoms with Crippen LogP contribution in [0, 0.1) is 5.92 Å². The van der Waals surface area contributed by atoms with Gasteiger partial charge in [-0.05, 0) is 12.1 Å². The third kappa shape index (κ3) is 3.24. The maximum atomic E-state index is 12.2. The monoisotopic (exact) mass is 288 g/mol. The number of hydrogen-bond donors (Lipinski definition) is 1. The summed E-state index contributed by atoms with van der Waals surface area (Å²) in [4.78, 5) is 25.5. The van der Waals surface area contributed by atoms with Crippen LogP contribution in [-0.2, 0) is 9.59 Å². The van der Waals surface area contributed by atoms with E-state index in [1.54, 1.807) is 43.2 Å². The molecule has 1 aliphatic heterocycles. The summed E-state index contributed by atoms with van der Waals surface area (Å²) in [5, 5.41) is 2.83. The number of amides is 2. The van der Waals surface area contributed by atoms with E-state index in [1.807, 2.05) is 0 Å². The first-order valence-corrected chi connectivity index (χ1v) is 6.99. The number of benzene rings is 1. The summed E-state index contributed by atoms with van der Waals surface area (Å²) in [5.74, 6) is 0.723. The molecule has 1 atom stereocenters. The SMILES string of the molecule is C=CC1CC(=O)N(c2cc(OC)ccc2NC(=O)CC)C1. The molecular formula is C16H20N2O3. The Kier molecular flexibility index (Phi) is 4.62. The summed E-state index contributed by atoms with van der Waals surface area (Å²) in [6.07, 6.45) is 2.62. The normalized spacial score (nSPS) is 17.7. The first kappa shape index (κ1) is 15.1. The Hall–Kier alpha value is -2.30. The van der Waals surface area contributed by atoms with Crippen molar-refractivity contribution >= 4 is 23.2 Å². The van der Waals surface area contributed by atoms with Gasteiger partial charge in [0.05, 0.1) is 18.5 Å². The highest BCUT2D eigenvalue weighted by molar-refractivity contribution is 6.02. The second-order valence-corrected chi connectivity index (χ2v) is 4.99. The van der Waals surface area contributed by atoms with Gasteiger partial charge >= 0.3 is 0 Å². The zero-order chi connectivity index (χ0) is 15.4. The van der Waals surface area contributed by atoms with Crippen molar-refractivity contribution in [3.63, 3.8) is 0 Å². The van der Waals surface area contributed by atoms with Crippen LogP contribution in [0.25, 0.3) is 0 Å². The number of methoxy groups -OCH3 is 1. The summed E-state index contributed by atoms with van der Waals surface area (Å²) in [6, 6.07) is 5.30. The highest BCUT2D eigenvalue weighted by atomic mass is 16.5. The number of ether oxygens (including phenoxy) is 1. The van der Waals surface area contributed by atoms with Crippen LogP contribution in [0.1, 0.15) is 19.8 Å². The van der Waals surface area contributed by atoms with Crippen LogP contribution in [-0.4, -0.2) is 25.5 Å². The lowest BCUT2D eigenvalue weighted by Gasteiger charge is -2.21. The third-order valence-corrected chi connectivity index (χ3v) is 3.58. The fraction of sp³-hybridized carbons (Fsp3) is 0.375. The van der Waals surface area contributed by atoms with Crippen molar-refractivity contribution in [2.75, 3.05) is 23.9 Å². The standard InChI is InChI=1S/C16H20N2O3/c1-4-11-8-16(20)18(10-11)14-9-12(21-3)6-7-13(14)17-15(19)5-2/h4,6-7,9,11H,1,5,8,10H2,2-3H3,(H,17,19). The predicted octanol–water partition coefficient (Wildman–Crippen LogP) is 2.58. The number of nitrogens with zero attached hydrogens (tertiary/aromatic N) is 1. The quantitative estimate of drug-likeness (QED) is 0.847. The molecule has 0 saturated carbocycles. The number of rotatable bonds is 5. The van der Waals surface area contributed by atoms with Gasteiger partial charge in [0, 0.05) is 31.4 Å². The predicted molar refractivity (Wildman–Crippen MR) is 82.6 cm³/mol. The summed E-state index contributed by atoms with van der Waals surface area (Å²) in [5.41, 5.74) is 1.30. The molecule has 1 unspecified atom stereocenters. The fourth-order valence-corrected chi connectivity index (χ4v) is 2.33. The van der Waals surface area contributed by atoms with Gasteiger partial charge in [0.25, 0.3) is 0 Å². The van der Waals surface area contributed by atoms with E-state index in [0.717, 1.165) is 0 Å². The molecule has 5 nitrogen and oxygen atoms in total. The Labute approximate surface area is 124 Å². The Morgan fingerprint density at radius 1 is 1.57 bits per heavy atom. The van der Waals surface area contributed by atoms with Gasteiger partial charge < -0.3 is 15.0 Å². The summed E-state index contributed by atoms with van der Waals surface area (Å²) < 4.78 is 5.22. The lowest BCUT2D eigenvalue weighted by molar-refractivity contribution is -0.117. The van der Waals surface area contributed by atoms with E-state index >= 15 is 0 Å². The van der Waals surface area contributed by atoms with Gasteiger partial charge in [-0.3, -0.25) is 9.59 Å². The van der Waals surface area contributed by atoms with Crippen molar-refractivity contribution in [2.45, 2.75) is 19.8 Å². The number of anilines is 2. The van der Waals surface area contributed by atoms with Crippen molar-refractivity contribution < 1.29 is 14.3 Å². The topological polar surface area (TPSA) is 58.6 Å². The molecule has 2 rings (SSSR count). The van der Waals surface area contributed by atoms with Gasteiger partial charge in [0.1, 0.15) is 5.75 Å². The van der Waals surface area contributed by atoms with Crippen LogP contribution in [0.3, 0.4) is 0 Å². The average Bonchev–Trinajstić information content (AvgIpc) is 2.88. The van der Waals surface area contributed by atoms with Crippen molar-refractivity contribution in [3.05, 3.63) is 30.9 Å². The molecule has 0 spiro atoms. The maximum Gasteiger partial charge on any atom is 0.227 e. The van der Waals surface area contributed by atoms with E-state index < -0.39 is 0 Å². The molecule has 1 aliphatic rings. The van der Waals surface area contributed by atoms with Crippen molar-refractivity contribution in [1.82, 2.24) is 0 Å². The highest BCUT2D eigenvalue weighted by Crippen LogP contribution is 2.34. The van der Waals surface area contributed by atoms with Gasteiger partial charge in [0.2, 0.25) is 11.8 Å². The Morgan fingerprint density at radius 3 is 2.90 bits per heavy atom. The van der Waals surface area contributed by atoms with Crippen LogP contribution in [0.15, 0.2) is 30.9 Å². The van der Waals surface area contributed by atoms with E-state index in [9.17, 15) is 9.59 Å². The molecule has 1 heterocycles. The van der Waals surface area contributed by atoms with Gasteiger partial charge in [-0.15, -0.1) is 6.58 Å². The molecule has 1 N–H and O–H groups in total. The van der Waals surface area contributed by atoms with E-state index in [-0.39, 0.29) is 17.7 Å². The van der Waals surface area contributed by atoms with Gasteiger partial charge in [-0.25, -0.2) is 0 Å². The summed E-state index contributed by atoms with van der Waals surface area (Å²) in [6.45, 7) is 6.11. The smallest absolute Gasteiger partial charge is 0.227 e. The van der Waals surface area contributed by atoms with E-state index in [0.29, 0.717) is 36.5 Å². The summed E-state index contributed by atoms with van der Waals surface area (Å²) in [7, 11) is 1.57. The molecule has 21 heavy (non-hydrogen) atoms. The van der Waals surface area contributed by atoms with Crippen molar-refractivity contribution in [3.8, 4) is 5.75 Å². The first-order chi connectivity index (χ1) is 10.1. The Bertz CT molecular complexity index is 569. The lowest BCUT2D eigenvalue weighted by Crippen LogP contribution is -2.26. The molecule has 0 bridgehead atoms. The maximum absolute atomic E-state index is 12.2. The molecule has 0 radical (unpaired) electrons. The molecule has 1 aromatic rings. The van der Waals surface area contributed by atoms with Gasteiger partial charge in [-0.1, -0.05) is 13.0 Å². The Balaban J connectivity index is 2.37. The molecule has 1 aromatic carbocycles. The minimum Gasteiger partial charge on any atom is -0.497 e. The minimum absolute atomic E-state index is 0.0279. The molecule has 0 aromatic heterocycles. The molecular weight excluding hydrogens is 268 g/mol. The van der Waals surface area contributed by atoms with Gasteiger partial charge in [-0.2, -0.15) is 0 Å². The summed E-state index contributed by atoms with van der Waals surface area (Å²) >= 11 is 0. The van der Waals surface area contributed by atoms with Crippen molar-refractivity contribution in [1.29, 1.82) is 0 Å². The zero-order valence-electron chi connectivity index (χ0n) is 12.4. The zero-order valence-corrected chi connectivity index (χ0v) is 12.4.